The number of methoxy groups -OCH3 is 2. The summed E-state index contributed by atoms with van der Waals surface area (Å²) < 4.78 is 15.5. The van der Waals surface area contributed by atoms with Gasteiger partial charge in [0, 0.05) is 25.7 Å². The van der Waals surface area contributed by atoms with Crippen LogP contribution in [0.5, 0.6) is 11.5 Å². The molecule has 28 heavy (non-hydrogen) atoms. The van der Waals surface area contributed by atoms with Gasteiger partial charge in [0.1, 0.15) is 0 Å². The summed E-state index contributed by atoms with van der Waals surface area (Å²) in [5, 5.41) is 4.78. The molecule has 0 saturated heterocycles. The van der Waals surface area contributed by atoms with E-state index in [1.54, 1.807) is 14.2 Å². The zero-order chi connectivity index (χ0) is 19.7. The molecule has 0 N–H and O–H groups in total. The van der Waals surface area contributed by atoms with Crippen molar-refractivity contribution < 1.29 is 9.47 Å². The molecule has 0 bridgehead atoms. The highest BCUT2D eigenvalue weighted by molar-refractivity contribution is 7.71. The lowest BCUT2D eigenvalue weighted by atomic mass is 9.99. The topological polar surface area (TPSA) is 44.5 Å². The van der Waals surface area contributed by atoms with Crippen molar-refractivity contribution in [2.24, 2.45) is 7.05 Å². The third-order valence-corrected chi connectivity index (χ3v) is 5.69. The number of hydrogen-bond donors (Lipinski definition) is 0. The minimum absolute atomic E-state index is 0.660. The van der Waals surface area contributed by atoms with Crippen molar-refractivity contribution in [2.45, 2.75) is 19.6 Å². The molecule has 2 heterocycles. The molecule has 0 atom stereocenters. The van der Waals surface area contributed by atoms with Gasteiger partial charge in [-0.3, -0.25) is 4.90 Å². The Morgan fingerprint density at radius 2 is 1.71 bits per heavy atom. The van der Waals surface area contributed by atoms with Crippen LogP contribution in [0.4, 0.5) is 0 Å². The molecule has 0 saturated carbocycles. The summed E-state index contributed by atoms with van der Waals surface area (Å²) in [5.74, 6) is 2.44. The van der Waals surface area contributed by atoms with Crippen molar-refractivity contribution in [3.63, 3.8) is 0 Å². The molecule has 1 aromatic heterocycles. The summed E-state index contributed by atoms with van der Waals surface area (Å²) in [5.41, 5.74) is 3.63. The molecular weight excluding hydrogens is 372 g/mol. The van der Waals surface area contributed by atoms with Gasteiger partial charge in [-0.05, 0) is 41.9 Å². The van der Waals surface area contributed by atoms with Crippen molar-refractivity contribution in [3.05, 3.63) is 58.4 Å². The Labute approximate surface area is 169 Å². The Morgan fingerprint density at radius 3 is 2.39 bits per heavy atom. The van der Waals surface area contributed by atoms with E-state index in [1.807, 2.05) is 34.5 Å². The third-order valence-electron chi connectivity index (χ3n) is 5.20. The van der Waals surface area contributed by atoms with Gasteiger partial charge >= 0.3 is 0 Å². The van der Waals surface area contributed by atoms with Crippen LogP contribution in [0, 0.1) is 4.77 Å². The first-order valence-electron chi connectivity index (χ1n) is 9.26. The normalized spacial score (nSPS) is 14.0. The highest BCUT2D eigenvalue weighted by atomic mass is 32.1. The third kappa shape index (κ3) is 3.43. The average Bonchev–Trinajstić information content (AvgIpc) is 3.01. The first-order chi connectivity index (χ1) is 13.6. The van der Waals surface area contributed by atoms with E-state index in [4.69, 9.17) is 26.8 Å². The standard InChI is InChI=1S/C21H24N4O2S/c1-23-20(15-7-5-4-6-8-15)22-25(21(23)28)14-24-10-9-16-11-18(26-2)19(27-3)12-17(16)13-24/h4-8,11-12H,9-10,13-14H2,1-3H3. The van der Waals surface area contributed by atoms with Crippen molar-refractivity contribution >= 4 is 12.2 Å². The number of nitrogens with zero attached hydrogens (tertiary/aromatic N) is 4. The summed E-state index contributed by atoms with van der Waals surface area (Å²) in [6, 6.07) is 14.3. The zero-order valence-electron chi connectivity index (χ0n) is 16.4. The zero-order valence-corrected chi connectivity index (χ0v) is 17.2. The van der Waals surface area contributed by atoms with E-state index in [9.17, 15) is 0 Å². The van der Waals surface area contributed by atoms with E-state index in [-0.39, 0.29) is 0 Å². The number of ether oxygens (including phenoxy) is 2. The Kier molecular flexibility index (Phi) is 5.19. The summed E-state index contributed by atoms with van der Waals surface area (Å²) in [6.07, 6.45) is 0.960. The van der Waals surface area contributed by atoms with Crippen LogP contribution < -0.4 is 9.47 Å². The quantitative estimate of drug-likeness (QED) is 0.616. The molecule has 2 aromatic carbocycles. The van der Waals surface area contributed by atoms with Crippen LogP contribution in [0.2, 0.25) is 0 Å². The maximum atomic E-state index is 5.63. The van der Waals surface area contributed by atoms with Crippen LogP contribution in [-0.4, -0.2) is 40.0 Å². The molecule has 3 aromatic rings. The second kappa shape index (κ2) is 7.77. The second-order valence-electron chi connectivity index (χ2n) is 6.95. The molecule has 0 aliphatic carbocycles. The van der Waals surface area contributed by atoms with E-state index in [1.165, 1.54) is 11.1 Å². The first kappa shape index (κ1) is 18.7. The minimum atomic E-state index is 0.660. The minimum Gasteiger partial charge on any atom is -0.493 e. The largest absolute Gasteiger partial charge is 0.493 e. The smallest absolute Gasteiger partial charge is 0.199 e. The van der Waals surface area contributed by atoms with E-state index >= 15 is 0 Å². The van der Waals surface area contributed by atoms with Gasteiger partial charge in [0.25, 0.3) is 0 Å². The second-order valence-corrected chi connectivity index (χ2v) is 7.32. The number of fused-ring (bicyclic) bond motifs is 1. The molecular formula is C21H24N4O2S. The molecule has 6 nitrogen and oxygen atoms in total. The van der Waals surface area contributed by atoms with Crippen LogP contribution in [0.15, 0.2) is 42.5 Å². The first-order valence-corrected chi connectivity index (χ1v) is 9.67. The molecule has 7 heteroatoms. The van der Waals surface area contributed by atoms with E-state index in [0.717, 1.165) is 47.2 Å². The van der Waals surface area contributed by atoms with Crippen molar-refractivity contribution in [3.8, 4) is 22.9 Å². The predicted octanol–water partition coefficient (Wildman–Crippen LogP) is 3.65. The van der Waals surface area contributed by atoms with E-state index < -0.39 is 0 Å². The van der Waals surface area contributed by atoms with Crippen LogP contribution in [0.1, 0.15) is 11.1 Å². The summed E-state index contributed by atoms with van der Waals surface area (Å²) in [4.78, 5) is 2.35. The monoisotopic (exact) mass is 396 g/mol. The Hall–Kier alpha value is -2.64. The maximum absolute atomic E-state index is 5.63. The molecule has 1 aliphatic heterocycles. The number of hydrogen-bond acceptors (Lipinski definition) is 5. The van der Waals surface area contributed by atoms with Gasteiger partial charge in [0.2, 0.25) is 0 Å². The molecule has 0 radical (unpaired) electrons. The van der Waals surface area contributed by atoms with Gasteiger partial charge in [0.05, 0.1) is 20.9 Å². The van der Waals surface area contributed by atoms with Crippen LogP contribution in [0.25, 0.3) is 11.4 Å². The Bertz CT molecular complexity index is 1040. The highest BCUT2D eigenvalue weighted by Gasteiger charge is 2.21. The summed E-state index contributed by atoms with van der Waals surface area (Å²) >= 11 is 5.63. The number of rotatable bonds is 5. The summed E-state index contributed by atoms with van der Waals surface area (Å²) in [6.45, 7) is 2.43. The van der Waals surface area contributed by atoms with Gasteiger partial charge in [-0.15, -0.1) is 0 Å². The van der Waals surface area contributed by atoms with Crippen molar-refractivity contribution in [1.82, 2.24) is 19.2 Å². The lowest BCUT2D eigenvalue weighted by molar-refractivity contribution is 0.187. The van der Waals surface area contributed by atoms with Gasteiger partial charge in [-0.25, -0.2) is 4.68 Å². The van der Waals surface area contributed by atoms with Crippen LogP contribution >= 0.6 is 12.2 Å². The molecule has 0 fully saturated rings. The average molecular weight is 397 g/mol. The Balaban J connectivity index is 1.58. The van der Waals surface area contributed by atoms with Gasteiger partial charge in [-0.1, -0.05) is 30.3 Å². The van der Waals surface area contributed by atoms with E-state index in [2.05, 4.69) is 29.2 Å². The molecule has 146 valence electrons. The molecule has 0 unspecified atom stereocenters. The fourth-order valence-electron chi connectivity index (χ4n) is 3.67. The van der Waals surface area contributed by atoms with Gasteiger partial charge < -0.3 is 14.0 Å². The molecule has 4 rings (SSSR count). The van der Waals surface area contributed by atoms with Crippen molar-refractivity contribution in [2.75, 3.05) is 20.8 Å². The maximum Gasteiger partial charge on any atom is 0.199 e. The van der Waals surface area contributed by atoms with Crippen molar-refractivity contribution in [1.29, 1.82) is 0 Å². The highest BCUT2D eigenvalue weighted by Crippen LogP contribution is 2.33. The predicted molar refractivity (Wildman–Crippen MR) is 111 cm³/mol. The van der Waals surface area contributed by atoms with Crippen LogP contribution in [-0.2, 0) is 26.7 Å². The summed E-state index contributed by atoms with van der Waals surface area (Å²) in [7, 11) is 5.31. The Morgan fingerprint density at radius 1 is 1.04 bits per heavy atom. The lowest BCUT2D eigenvalue weighted by Gasteiger charge is -2.29. The fraction of sp³-hybridized carbons (Fsp3) is 0.333. The molecule has 1 aliphatic rings. The number of aromatic nitrogens is 3. The molecule has 0 amide bonds. The van der Waals surface area contributed by atoms with E-state index in [0.29, 0.717) is 6.67 Å². The fourth-order valence-corrected chi connectivity index (χ4v) is 3.86. The van der Waals surface area contributed by atoms with Gasteiger partial charge in [0.15, 0.2) is 22.1 Å². The van der Waals surface area contributed by atoms with Gasteiger partial charge in [-0.2, -0.15) is 5.10 Å². The lowest BCUT2D eigenvalue weighted by Crippen LogP contribution is -2.32. The number of benzene rings is 2. The van der Waals surface area contributed by atoms with Crippen LogP contribution in [0.3, 0.4) is 0 Å². The SMILES string of the molecule is COc1cc2c(cc1OC)CN(Cn1nc(-c3ccccc3)n(C)c1=S)CC2. The molecule has 0 spiro atoms.